The minimum absolute atomic E-state index is 0.131. The number of nitrogens with one attached hydrogen (secondary N) is 2. The van der Waals surface area contributed by atoms with Crippen LogP contribution in [-0.4, -0.2) is 30.3 Å². The van der Waals surface area contributed by atoms with Crippen LogP contribution in [0.2, 0.25) is 0 Å². The molecule has 3 rings (SSSR count). The Morgan fingerprint density at radius 3 is 2.50 bits per heavy atom. The molecule has 0 aliphatic heterocycles. The highest BCUT2D eigenvalue weighted by Crippen LogP contribution is 2.22. The van der Waals surface area contributed by atoms with Gasteiger partial charge in [-0.15, -0.1) is 0 Å². The molecular formula is C19H23N5O3S. The summed E-state index contributed by atoms with van der Waals surface area (Å²) < 4.78 is 2.63. The predicted octanol–water partition coefficient (Wildman–Crippen LogP) is 1.72. The van der Waals surface area contributed by atoms with Crippen molar-refractivity contribution >= 4 is 28.8 Å². The first-order valence-electron chi connectivity index (χ1n) is 9.17. The Labute approximate surface area is 166 Å². The predicted molar refractivity (Wildman–Crippen MR) is 110 cm³/mol. The van der Waals surface area contributed by atoms with Crippen LogP contribution in [0, 0.1) is 0 Å². The lowest BCUT2D eigenvalue weighted by Crippen LogP contribution is -2.39. The van der Waals surface area contributed by atoms with Gasteiger partial charge in [0.25, 0.3) is 5.56 Å². The van der Waals surface area contributed by atoms with E-state index in [0.29, 0.717) is 23.9 Å². The topological polar surface area (TPSA) is 102 Å². The first-order valence-corrected chi connectivity index (χ1v) is 10.1. The van der Waals surface area contributed by atoms with E-state index in [2.05, 4.69) is 15.3 Å². The number of hydrogen-bond donors (Lipinski definition) is 2. The van der Waals surface area contributed by atoms with Crippen LogP contribution in [0.1, 0.15) is 26.3 Å². The Bertz CT molecular complexity index is 1100. The molecule has 0 fully saturated rings. The molecule has 0 saturated heterocycles. The molecular weight excluding hydrogens is 378 g/mol. The number of aryl methyl sites for hydroxylation is 1. The van der Waals surface area contributed by atoms with Crippen LogP contribution >= 0.6 is 11.8 Å². The number of hydrogen-bond acceptors (Lipinski definition) is 5. The fourth-order valence-electron chi connectivity index (χ4n) is 2.91. The van der Waals surface area contributed by atoms with E-state index in [0.717, 1.165) is 5.56 Å². The van der Waals surface area contributed by atoms with Gasteiger partial charge in [0.2, 0.25) is 5.91 Å². The van der Waals surface area contributed by atoms with Gasteiger partial charge in [0.05, 0.1) is 5.25 Å². The normalized spacial score (nSPS) is 12.2. The van der Waals surface area contributed by atoms with Gasteiger partial charge < -0.3 is 10.3 Å². The second kappa shape index (κ2) is 8.47. The number of imidazole rings is 1. The fraction of sp³-hybridized carbons (Fsp3) is 0.368. The van der Waals surface area contributed by atoms with Crippen molar-refractivity contribution in [1.82, 2.24) is 24.4 Å². The van der Waals surface area contributed by atoms with Crippen molar-refractivity contribution in [3.63, 3.8) is 0 Å². The number of H-pyrrole nitrogens is 1. The zero-order chi connectivity index (χ0) is 20.3. The van der Waals surface area contributed by atoms with Gasteiger partial charge in [-0.1, -0.05) is 42.1 Å². The maximum Gasteiger partial charge on any atom is 0.332 e. The molecule has 1 amide bonds. The zero-order valence-corrected chi connectivity index (χ0v) is 16.9. The summed E-state index contributed by atoms with van der Waals surface area (Å²) >= 11 is 1.22. The molecule has 28 heavy (non-hydrogen) atoms. The molecule has 148 valence electrons. The lowest BCUT2D eigenvalue weighted by molar-refractivity contribution is -0.120. The Hall–Kier alpha value is -2.81. The second-order valence-corrected chi connectivity index (χ2v) is 7.61. The third-order valence-electron chi connectivity index (χ3n) is 4.44. The summed E-state index contributed by atoms with van der Waals surface area (Å²) in [4.78, 5) is 44.7. The number of aromatic nitrogens is 4. The standard InChI is InChI=1S/C19H23N5O3S/c1-4-23-15-14(17(26)24(5-2)19(23)27)21-18(22-15)28-12(3)16(25)20-11-13-9-7-6-8-10-13/h6-10,12H,4-5,11H2,1-3H3,(H,20,25)(H,21,22). The van der Waals surface area contributed by atoms with E-state index < -0.39 is 10.8 Å². The molecule has 0 bridgehead atoms. The summed E-state index contributed by atoms with van der Waals surface area (Å²) in [6, 6.07) is 9.66. The van der Waals surface area contributed by atoms with Gasteiger partial charge in [0.1, 0.15) is 0 Å². The SMILES string of the molecule is CCn1c(=O)c2[nH]c(SC(C)C(=O)NCc3ccccc3)nc2n(CC)c1=O. The van der Waals surface area contributed by atoms with E-state index in [4.69, 9.17) is 0 Å². The first kappa shape index (κ1) is 19.9. The quantitative estimate of drug-likeness (QED) is 0.587. The number of amides is 1. The minimum Gasteiger partial charge on any atom is -0.351 e. The third-order valence-corrected chi connectivity index (χ3v) is 5.42. The molecule has 0 spiro atoms. The van der Waals surface area contributed by atoms with Crippen LogP contribution < -0.4 is 16.6 Å². The smallest absolute Gasteiger partial charge is 0.332 e. The molecule has 0 radical (unpaired) electrons. The first-order chi connectivity index (χ1) is 13.5. The Balaban J connectivity index is 1.80. The Morgan fingerprint density at radius 1 is 1.18 bits per heavy atom. The van der Waals surface area contributed by atoms with E-state index >= 15 is 0 Å². The number of benzene rings is 1. The van der Waals surface area contributed by atoms with Gasteiger partial charge in [0.15, 0.2) is 16.3 Å². The summed E-state index contributed by atoms with van der Waals surface area (Å²) in [5.74, 6) is -0.131. The van der Waals surface area contributed by atoms with E-state index in [9.17, 15) is 14.4 Å². The lowest BCUT2D eigenvalue weighted by Gasteiger charge is -2.10. The number of nitrogens with zero attached hydrogens (tertiary/aromatic N) is 3. The Kier molecular flexibility index (Phi) is 6.03. The number of carbonyl (C=O) groups is 1. The monoisotopic (exact) mass is 401 g/mol. The van der Waals surface area contributed by atoms with Gasteiger partial charge in [-0.05, 0) is 26.3 Å². The van der Waals surface area contributed by atoms with Crippen LogP contribution in [0.25, 0.3) is 11.2 Å². The maximum atomic E-state index is 12.5. The van der Waals surface area contributed by atoms with Gasteiger partial charge in [0, 0.05) is 19.6 Å². The summed E-state index contributed by atoms with van der Waals surface area (Å²) in [6.07, 6.45) is 0. The van der Waals surface area contributed by atoms with E-state index in [1.807, 2.05) is 37.3 Å². The summed E-state index contributed by atoms with van der Waals surface area (Å²) in [5.41, 5.74) is 0.847. The van der Waals surface area contributed by atoms with Gasteiger partial charge in [-0.2, -0.15) is 0 Å². The molecule has 2 aromatic heterocycles. The molecule has 1 aromatic carbocycles. The van der Waals surface area contributed by atoms with Crippen LogP contribution in [0.4, 0.5) is 0 Å². The van der Waals surface area contributed by atoms with Crippen molar-refractivity contribution in [2.45, 2.75) is 50.8 Å². The maximum absolute atomic E-state index is 12.5. The molecule has 1 unspecified atom stereocenters. The van der Waals surface area contributed by atoms with Crippen molar-refractivity contribution in [3.8, 4) is 0 Å². The van der Waals surface area contributed by atoms with E-state index in [1.165, 1.54) is 20.9 Å². The number of rotatable bonds is 7. The number of aromatic amines is 1. The van der Waals surface area contributed by atoms with Gasteiger partial charge >= 0.3 is 5.69 Å². The highest BCUT2D eigenvalue weighted by molar-refractivity contribution is 8.00. The van der Waals surface area contributed by atoms with Crippen molar-refractivity contribution in [3.05, 3.63) is 56.7 Å². The molecule has 1 atom stereocenters. The summed E-state index contributed by atoms with van der Waals surface area (Å²) in [6.45, 7) is 6.48. The number of fused-ring (bicyclic) bond motifs is 1. The second-order valence-electron chi connectivity index (χ2n) is 6.28. The highest BCUT2D eigenvalue weighted by atomic mass is 32.2. The molecule has 2 heterocycles. The summed E-state index contributed by atoms with van der Waals surface area (Å²) in [5, 5.41) is 2.91. The van der Waals surface area contributed by atoms with E-state index in [-0.39, 0.29) is 23.7 Å². The average Bonchev–Trinajstić information content (AvgIpc) is 3.11. The molecule has 8 nitrogen and oxygen atoms in total. The van der Waals surface area contributed by atoms with Crippen molar-refractivity contribution in [2.24, 2.45) is 0 Å². The summed E-state index contributed by atoms with van der Waals surface area (Å²) in [7, 11) is 0. The van der Waals surface area contributed by atoms with Crippen LogP contribution in [0.3, 0.4) is 0 Å². The van der Waals surface area contributed by atoms with E-state index in [1.54, 1.807) is 13.8 Å². The van der Waals surface area contributed by atoms with Crippen LogP contribution in [0.5, 0.6) is 0 Å². The number of carbonyl (C=O) groups excluding carboxylic acids is 1. The lowest BCUT2D eigenvalue weighted by atomic mass is 10.2. The fourth-order valence-corrected chi connectivity index (χ4v) is 3.74. The molecule has 0 aliphatic carbocycles. The third kappa shape index (κ3) is 3.89. The average molecular weight is 401 g/mol. The van der Waals surface area contributed by atoms with Crippen LogP contribution in [-0.2, 0) is 24.4 Å². The molecule has 0 aliphatic rings. The highest BCUT2D eigenvalue weighted by Gasteiger charge is 2.20. The molecule has 9 heteroatoms. The molecule has 2 N–H and O–H groups in total. The van der Waals surface area contributed by atoms with Crippen molar-refractivity contribution in [1.29, 1.82) is 0 Å². The van der Waals surface area contributed by atoms with Crippen molar-refractivity contribution in [2.75, 3.05) is 0 Å². The van der Waals surface area contributed by atoms with Crippen LogP contribution in [0.15, 0.2) is 45.1 Å². The van der Waals surface area contributed by atoms with Gasteiger partial charge in [-0.25, -0.2) is 9.78 Å². The molecule has 0 saturated carbocycles. The largest absolute Gasteiger partial charge is 0.351 e. The van der Waals surface area contributed by atoms with Gasteiger partial charge in [-0.3, -0.25) is 18.7 Å². The van der Waals surface area contributed by atoms with Crippen molar-refractivity contribution < 1.29 is 4.79 Å². The minimum atomic E-state index is -0.417. The zero-order valence-electron chi connectivity index (χ0n) is 16.1. The number of thioether (sulfide) groups is 1. The Morgan fingerprint density at radius 2 is 1.86 bits per heavy atom. The molecule has 3 aromatic rings.